The first-order valence-electron chi connectivity index (χ1n) is 10.0. The van der Waals surface area contributed by atoms with Crippen molar-refractivity contribution in [2.45, 2.75) is 56.1 Å². The largest absolute Gasteiger partial charge is 0.435 e. The van der Waals surface area contributed by atoms with Crippen LogP contribution in [0.15, 0.2) is 49.0 Å². The van der Waals surface area contributed by atoms with Crippen LogP contribution in [-0.2, 0) is 17.2 Å². The van der Waals surface area contributed by atoms with E-state index in [2.05, 4.69) is 6.58 Å². The maximum atomic E-state index is 14.6. The fourth-order valence-electron chi connectivity index (χ4n) is 3.86. The zero-order valence-corrected chi connectivity index (χ0v) is 18.4. The molecule has 0 heterocycles. The van der Waals surface area contributed by atoms with Crippen LogP contribution in [-0.4, -0.2) is 19.6 Å². The molecule has 0 spiro atoms. The fraction of sp³-hybridized carbons (Fsp3) is 0.391. The van der Waals surface area contributed by atoms with Gasteiger partial charge in [-0.3, -0.25) is 0 Å². The van der Waals surface area contributed by atoms with E-state index in [1.165, 1.54) is 6.92 Å². The minimum Gasteiger partial charge on any atom is -0.218 e. The highest BCUT2D eigenvalue weighted by Crippen LogP contribution is 2.54. The Bertz CT molecular complexity index is 1000. The normalized spacial score (nSPS) is 14.6. The van der Waals surface area contributed by atoms with E-state index in [1.807, 2.05) is 0 Å². The zero-order valence-electron chi connectivity index (χ0n) is 18.4. The molecule has 2 rings (SSSR count). The lowest BCUT2D eigenvalue weighted by atomic mass is 9.44. The van der Waals surface area contributed by atoms with Crippen molar-refractivity contribution in [3.8, 4) is 0 Å². The van der Waals surface area contributed by atoms with Gasteiger partial charge in [0.15, 0.2) is 0 Å². The van der Waals surface area contributed by atoms with Gasteiger partial charge < -0.3 is 0 Å². The Morgan fingerprint density at radius 2 is 1.21 bits per heavy atom. The van der Waals surface area contributed by atoms with Crippen LogP contribution in [0.25, 0.3) is 6.08 Å². The van der Waals surface area contributed by atoms with Gasteiger partial charge >= 0.3 is 24.2 Å². The van der Waals surface area contributed by atoms with E-state index in [4.69, 9.17) is 0 Å². The van der Waals surface area contributed by atoms with Gasteiger partial charge in [0.1, 0.15) is 7.28 Å². The molecular weight excluding hydrogens is 477 g/mol. The lowest BCUT2D eigenvalue weighted by molar-refractivity contribution is -0.348. The second-order valence-electron chi connectivity index (χ2n) is 8.81. The van der Waals surface area contributed by atoms with Crippen LogP contribution in [0.1, 0.15) is 54.4 Å². The average molecular weight is 498 g/mol. The molecule has 0 saturated heterocycles. The molecule has 0 radical (unpaired) electrons. The molecule has 0 fully saturated rings. The standard InChI is InChI=1S/C23H21BF10/c1-5-14-6-8-16(9-7-14)19(3,4)24-13(2)15-10-17(12-18(11-15)21(26,27)28)20(25,22(29,30)31)23(32,33)34/h5-13,24H,1H2,2-4H3. The predicted octanol–water partition coefficient (Wildman–Crippen LogP) is 8.07. The molecule has 2 aromatic carbocycles. The van der Waals surface area contributed by atoms with Gasteiger partial charge in [-0.05, 0) is 34.4 Å². The van der Waals surface area contributed by atoms with Crippen LogP contribution in [0.4, 0.5) is 43.9 Å². The number of hydrogen-bond acceptors (Lipinski definition) is 0. The molecule has 0 nitrogen and oxygen atoms in total. The van der Waals surface area contributed by atoms with E-state index >= 15 is 0 Å². The Balaban J connectivity index is 2.61. The van der Waals surface area contributed by atoms with Crippen molar-refractivity contribution in [3.05, 3.63) is 76.9 Å². The van der Waals surface area contributed by atoms with Gasteiger partial charge in [0.25, 0.3) is 0 Å². The summed E-state index contributed by atoms with van der Waals surface area (Å²) in [7, 11) is 0.0541. The highest BCUT2D eigenvalue weighted by molar-refractivity contribution is 6.42. The first kappa shape index (κ1) is 27.8. The number of halogens is 10. The van der Waals surface area contributed by atoms with E-state index in [1.54, 1.807) is 44.2 Å². The molecule has 186 valence electrons. The van der Waals surface area contributed by atoms with Gasteiger partial charge in [0.2, 0.25) is 0 Å². The molecule has 0 amide bonds. The van der Waals surface area contributed by atoms with Gasteiger partial charge in [-0.15, -0.1) is 0 Å². The minimum absolute atomic E-state index is 0.0541. The Morgan fingerprint density at radius 1 is 0.735 bits per heavy atom. The molecule has 0 aliphatic rings. The number of hydrogen-bond donors (Lipinski definition) is 0. The van der Waals surface area contributed by atoms with Crippen LogP contribution in [0.5, 0.6) is 0 Å². The first-order chi connectivity index (χ1) is 15.2. The Kier molecular flexibility index (Phi) is 7.32. The topological polar surface area (TPSA) is 0 Å². The summed E-state index contributed by atoms with van der Waals surface area (Å²) in [6.07, 6.45) is -16.8. The van der Waals surface area contributed by atoms with Crippen molar-refractivity contribution in [3.63, 3.8) is 0 Å². The van der Waals surface area contributed by atoms with E-state index in [9.17, 15) is 43.9 Å². The lowest BCUT2D eigenvalue weighted by Crippen LogP contribution is -2.50. The number of alkyl halides is 10. The average Bonchev–Trinajstić information content (AvgIpc) is 2.70. The highest BCUT2D eigenvalue weighted by atomic mass is 19.4. The maximum absolute atomic E-state index is 14.6. The molecule has 2 aromatic rings. The number of rotatable bonds is 6. The fourth-order valence-corrected chi connectivity index (χ4v) is 3.86. The molecule has 0 aliphatic carbocycles. The van der Waals surface area contributed by atoms with Crippen LogP contribution in [0.2, 0.25) is 0 Å². The molecule has 0 saturated carbocycles. The van der Waals surface area contributed by atoms with Gasteiger partial charge in [-0.25, -0.2) is 4.39 Å². The second-order valence-corrected chi connectivity index (χ2v) is 8.81. The van der Waals surface area contributed by atoms with E-state index < -0.39 is 58.1 Å². The summed E-state index contributed by atoms with van der Waals surface area (Å²) in [4.78, 5) is 0. The van der Waals surface area contributed by atoms with Crippen molar-refractivity contribution in [2.24, 2.45) is 0 Å². The maximum Gasteiger partial charge on any atom is 0.435 e. The summed E-state index contributed by atoms with van der Waals surface area (Å²) in [5, 5.41) is -0.728. The third-order valence-electron chi connectivity index (χ3n) is 5.78. The second kappa shape index (κ2) is 8.96. The Labute approximate surface area is 190 Å². The van der Waals surface area contributed by atoms with E-state index in [-0.39, 0.29) is 13.3 Å². The van der Waals surface area contributed by atoms with Gasteiger partial charge in [0, 0.05) is 5.56 Å². The summed E-state index contributed by atoms with van der Waals surface area (Å²) < 4.78 is 134. The third kappa shape index (κ3) is 5.44. The highest BCUT2D eigenvalue weighted by Gasteiger charge is 2.73. The van der Waals surface area contributed by atoms with Crippen LogP contribution < -0.4 is 0 Å². The molecule has 11 heteroatoms. The van der Waals surface area contributed by atoms with Gasteiger partial charge in [0.05, 0.1) is 5.56 Å². The number of benzene rings is 2. The Hall–Kier alpha value is -2.46. The van der Waals surface area contributed by atoms with Gasteiger partial charge in [-0.2, -0.15) is 39.5 Å². The summed E-state index contributed by atoms with van der Waals surface area (Å²) >= 11 is 0. The molecule has 0 aliphatic heterocycles. The molecule has 1 unspecified atom stereocenters. The van der Waals surface area contributed by atoms with Crippen molar-refractivity contribution in [1.29, 1.82) is 0 Å². The van der Waals surface area contributed by atoms with Crippen LogP contribution in [0, 0.1) is 0 Å². The van der Waals surface area contributed by atoms with Crippen molar-refractivity contribution in [1.82, 2.24) is 0 Å². The smallest absolute Gasteiger partial charge is 0.218 e. The Morgan fingerprint density at radius 3 is 1.62 bits per heavy atom. The summed E-state index contributed by atoms with van der Waals surface area (Å²) in [5.41, 5.74) is -8.87. The molecule has 0 bridgehead atoms. The van der Waals surface area contributed by atoms with Crippen molar-refractivity contribution >= 4 is 13.4 Å². The third-order valence-corrected chi connectivity index (χ3v) is 5.78. The monoisotopic (exact) mass is 498 g/mol. The van der Waals surface area contributed by atoms with E-state index in [0.29, 0.717) is 6.07 Å². The van der Waals surface area contributed by atoms with Crippen LogP contribution in [0.3, 0.4) is 0 Å². The first-order valence-corrected chi connectivity index (χ1v) is 10.0. The molecule has 0 aromatic heterocycles. The van der Waals surface area contributed by atoms with Crippen molar-refractivity contribution < 1.29 is 43.9 Å². The molecule has 1 atom stereocenters. The molecule has 0 N–H and O–H groups in total. The van der Waals surface area contributed by atoms with Gasteiger partial charge in [-0.1, -0.05) is 69.3 Å². The summed E-state index contributed by atoms with van der Waals surface area (Å²) in [6.45, 7) is 8.44. The quantitative estimate of drug-likeness (QED) is 0.279. The SMILES string of the molecule is C=Cc1ccc(C(C)(C)BC(C)c2cc(C(F)(F)F)cc(C(F)(C(F)(F)F)C(F)(F)F)c2)cc1. The summed E-state index contributed by atoms with van der Waals surface area (Å²) in [5.74, 6) is -0.944. The molecular formula is C23H21BF10. The summed E-state index contributed by atoms with van der Waals surface area (Å²) in [6, 6.07) is 7.19. The predicted molar refractivity (Wildman–Crippen MR) is 111 cm³/mol. The van der Waals surface area contributed by atoms with Crippen molar-refractivity contribution in [2.75, 3.05) is 0 Å². The molecule has 34 heavy (non-hydrogen) atoms. The lowest BCUT2D eigenvalue weighted by Gasteiger charge is -2.32. The zero-order chi connectivity index (χ0) is 26.3. The minimum atomic E-state index is -6.53. The van der Waals surface area contributed by atoms with E-state index in [0.717, 1.165) is 11.1 Å². The van der Waals surface area contributed by atoms with Crippen LogP contribution >= 0.6 is 0 Å².